The van der Waals surface area contributed by atoms with Gasteiger partial charge in [0.15, 0.2) is 0 Å². The zero-order valence-corrected chi connectivity index (χ0v) is 12.1. The average Bonchev–Trinajstić information content (AvgIpc) is 2.26. The van der Waals surface area contributed by atoms with Gasteiger partial charge in [-0.1, -0.05) is 17.8 Å². The van der Waals surface area contributed by atoms with E-state index in [4.69, 9.17) is 5.73 Å². The Bertz CT molecular complexity index is 576. The summed E-state index contributed by atoms with van der Waals surface area (Å²) < 4.78 is 13.8. The van der Waals surface area contributed by atoms with E-state index >= 15 is 0 Å². The first-order valence-corrected chi connectivity index (χ1v) is 6.96. The molecule has 1 atom stereocenters. The minimum absolute atomic E-state index is 0.260. The van der Waals surface area contributed by atoms with Gasteiger partial charge >= 0.3 is 0 Å². The fourth-order valence-corrected chi connectivity index (χ4v) is 3.22. The van der Waals surface area contributed by atoms with E-state index in [9.17, 15) is 4.39 Å². The molecular weight excluding hydrogens is 259 g/mol. The maximum atomic E-state index is 13.8. The largest absolute Gasteiger partial charge is 0.324 e. The number of aryl methyl sites for hydroxylation is 2. The first kappa shape index (κ1) is 14.0. The van der Waals surface area contributed by atoms with Crippen molar-refractivity contribution in [2.75, 3.05) is 0 Å². The molecule has 0 saturated carbocycles. The van der Waals surface area contributed by atoms with Gasteiger partial charge in [-0.15, -0.1) is 0 Å². The number of nitrogens with two attached hydrogens (primary N) is 1. The van der Waals surface area contributed by atoms with Gasteiger partial charge in [-0.25, -0.2) is 9.37 Å². The molecule has 0 bridgehead atoms. The molecule has 0 fully saturated rings. The maximum Gasteiger partial charge on any atom is 0.129 e. The number of rotatable bonds is 3. The SMILES string of the molecule is Cc1cc(C)nc(Sc2cccc(F)c2C(C)N)c1. The Kier molecular flexibility index (Phi) is 4.22. The summed E-state index contributed by atoms with van der Waals surface area (Å²) in [7, 11) is 0. The van der Waals surface area contributed by atoms with E-state index in [2.05, 4.69) is 4.98 Å². The van der Waals surface area contributed by atoms with Crippen LogP contribution in [0, 0.1) is 19.7 Å². The van der Waals surface area contributed by atoms with Gasteiger partial charge in [-0.3, -0.25) is 0 Å². The first-order chi connectivity index (χ1) is 8.97. The third kappa shape index (κ3) is 3.33. The minimum atomic E-state index is -0.338. The standard InChI is InChI=1S/C15H17FN2S/c1-9-7-10(2)18-14(8-9)19-13-6-4-5-12(16)15(13)11(3)17/h4-8,11H,17H2,1-3H3. The average molecular weight is 276 g/mol. The van der Waals surface area contributed by atoms with Crippen LogP contribution in [0.5, 0.6) is 0 Å². The third-order valence-corrected chi connectivity index (χ3v) is 3.75. The molecule has 2 aromatic rings. The Morgan fingerprint density at radius 2 is 2.00 bits per heavy atom. The highest BCUT2D eigenvalue weighted by Crippen LogP contribution is 2.33. The quantitative estimate of drug-likeness (QED) is 0.920. The highest BCUT2D eigenvalue weighted by atomic mass is 32.2. The predicted octanol–water partition coefficient (Wildman–Crippen LogP) is 4.01. The fourth-order valence-electron chi connectivity index (χ4n) is 2.02. The molecule has 0 aliphatic rings. The molecular formula is C15H17FN2S. The lowest BCUT2D eigenvalue weighted by atomic mass is 10.1. The molecule has 0 amide bonds. The number of pyridine rings is 1. The van der Waals surface area contributed by atoms with Crippen LogP contribution in [-0.2, 0) is 0 Å². The van der Waals surface area contributed by atoms with E-state index < -0.39 is 0 Å². The zero-order valence-electron chi connectivity index (χ0n) is 11.3. The van der Waals surface area contributed by atoms with Gasteiger partial charge in [-0.05, 0) is 50.6 Å². The Balaban J connectivity index is 2.40. The molecule has 1 unspecified atom stereocenters. The van der Waals surface area contributed by atoms with E-state index in [0.29, 0.717) is 5.56 Å². The van der Waals surface area contributed by atoms with Crippen LogP contribution in [0.3, 0.4) is 0 Å². The molecule has 0 spiro atoms. The van der Waals surface area contributed by atoms with Crippen LogP contribution in [0.25, 0.3) is 0 Å². The highest BCUT2D eigenvalue weighted by Gasteiger charge is 2.14. The van der Waals surface area contributed by atoms with Crippen LogP contribution < -0.4 is 5.73 Å². The fraction of sp³-hybridized carbons (Fsp3) is 0.267. The molecule has 1 heterocycles. The van der Waals surface area contributed by atoms with Gasteiger partial charge in [0, 0.05) is 22.2 Å². The van der Waals surface area contributed by atoms with Crippen molar-refractivity contribution in [3.8, 4) is 0 Å². The molecule has 0 aliphatic carbocycles. The van der Waals surface area contributed by atoms with Crippen molar-refractivity contribution in [3.05, 3.63) is 53.0 Å². The summed E-state index contributed by atoms with van der Waals surface area (Å²) in [6, 6.07) is 8.69. The summed E-state index contributed by atoms with van der Waals surface area (Å²) in [6.45, 7) is 5.77. The van der Waals surface area contributed by atoms with Crippen LogP contribution in [0.2, 0.25) is 0 Å². The van der Waals surface area contributed by atoms with Gasteiger partial charge in [-0.2, -0.15) is 0 Å². The molecule has 4 heteroatoms. The summed E-state index contributed by atoms with van der Waals surface area (Å²) >= 11 is 1.45. The number of hydrogen-bond acceptors (Lipinski definition) is 3. The Hall–Kier alpha value is -1.39. The number of aromatic nitrogens is 1. The summed E-state index contributed by atoms with van der Waals surface area (Å²) in [4.78, 5) is 5.29. The minimum Gasteiger partial charge on any atom is -0.324 e. The van der Waals surface area contributed by atoms with Gasteiger partial charge in [0.1, 0.15) is 10.8 Å². The molecule has 0 saturated heterocycles. The Labute approximate surface area is 117 Å². The molecule has 0 radical (unpaired) electrons. The lowest BCUT2D eigenvalue weighted by Gasteiger charge is -2.13. The van der Waals surface area contributed by atoms with Gasteiger partial charge in [0.25, 0.3) is 0 Å². The molecule has 19 heavy (non-hydrogen) atoms. The second-order valence-electron chi connectivity index (χ2n) is 4.67. The Morgan fingerprint density at radius 3 is 2.63 bits per heavy atom. The number of nitrogens with zero attached hydrogens (tertiary/aromatic N) is 1. The third-order valence-electron chi connectivity index (χ3n) is 2.76. The van der Waals surface area contributed by atoms with Crippen LogP contribution in [0.4, 0.5) is 4.39 Å². The van der Waals surface area contributed by atoms with Gasteiger partial charge in [0.2, 0.25) is 0 Å². The monoisotopic (exact) mass is 276 g/mol. The second kappa shape index (κ2) is 5.72. The maximum absolute atomic E-state index is 13.8. The lowest BCUT2D eigenvalue weighted by Crippen LogP contribution is -2.09. The molecule has 2 rings (SSSR count). The summed E-state index contributed by atoms with van der Waals surface area (Å²) in [6.07, 6.45) is 0. The van der Waals surface area contributed by atoms with Gasteiger partial charge in [0.05, 0.1) is 0 Å². The number of hydrogen-bond donors (Lipinski definition) is 1. The van der Waals surface area contributed by atoms with Crippen LogP contribution >= 0.6 is 11.8 Å². The zero-order chi connectivity index (χ0) is 14.0. The van der Waals surface area contributed by atoms with E-state index in [1.54, 1.807) is 13.0 Å². The molecule has 100 valence electrons. The van der Waals surface area contributed by atoms with Crippen molar-refractivity contribution in [2.24, 2.45) is 5.73 Å². The second-order valence-corrected chi connectivity index (χ2v) is 5.73. The number of halogens is 1. The summed E-state index contributed by atoms with van der Waals surface area (Å²) in [5, 5.41) is 0.866. The van der Waals surface area contributed by atoms with Crippen molar-refractivity contribution in [1.82, 2.24) is 4.98 Å². The smallest absolute Gasteiger partial charge is 0.129 e. The highest BCUT2D eigenvalue weighted by molar-refractivity contribution is 7.99. The van der Waals surface area contributed by atoms with Crippen molar-refractivity contribution >= 4 is 11.8 Å². The van der Waals surface area contributed by atoms with E-state index in [-0.39, 0.29) is 11.9 Å². The van der Waals surface area contributed by atoms with Crippen molar-refractivity contribution < 1.29 is 4.39 Å². The summed E-state index contributed by atoms with van der Waals surface area (Å²) in [5.74, 6) is -0.260. The first-order valence-electron chi connectivity index (χ1n) is 6.14. The molecule has 2 nitrogen and oxygen atoms in total. The van der Waals surface area contributed by atoms with E-state index in [0.717, 1.165) is 21.2 Å². The normalized spacial score (nSPS) is 12.5. The van der Waals surface area contributed by atoms with Crippen molar-refractivity contribution in [3.63, 3.8) is 0 Å². The number of benzene rings is 1. The molecule has 0 aliphatic heterocycles. The van der Waals surface area contributed by atoms with Crippen molar-refractivity contribution in [1.29, 1.82) is 0 Å². The van der Waals surface area contributed by atoms with E-state index in [1.165, 1.54) is 17.8 Å². The van der Waals surface area contributed by atoms with Crippen LogP contribution in [0.1, 0.15) is 29.8 Å². The molecule has 2 N–H and O–H groups in total. The molecule has 1 aromatic heterocycles. The van der Waals surface area contributed by atoms with Gasteiger partial charge < -0.3 is 5.73 Å². The Morgan fingerprint density at radius 1 is 1.26 bits per heavy atom. The molecule has 1 aromatic carbocycles. The topological polar surface area (TPSA) is 38.9 Å². The van der Waals surface area contributed by atoms with Crippen molar-refractivity contribution in [2.45, 2.75) is 36.7 Å². The van der Waals surface area contributed by atoms with Crippen LogP contribution in [0.15, 0.2) is 40.3 Å². The predicted molar refractivity (Wildman–Crippen MR) is 76.8 cm³/mol. The van der Waals surface area contributed by atoms with E-state index in [1.807, 2.05) is 32.0 Å². The summed E-state index contributed by atoms with van der Waals surface area (Å²) in [5.41, 5.74) is 8.51. The lowest BCUT2D eigenvalue weighted by molar-refractivity contribution is 0.585. The van der Waals surface area contributed by atoms with Crippen LogP contribution in [-0.4, -0.2) is 4.98 Å².